The van der Waals surface area contributed by atoms with Crippen molar-refractivity contribution < 1.29 is 27.5 Å². The van der Waals surface area contributed by atoms with Gasteiger partial charge in [0.05, 0.1) is 18.9 Å². The van der Waals surface area contributed by atoms with E-state index in [0.717, 1.165) is 6.20 Å². The van der Waals surface area contributed by atoms with Gasteiger partial charge in [-0.2, -0.15) is 13.2 Å². The van der Waals surface area contributed by atoms with Crippen LogP contribution in [0.15, 0.2) is 24.5 Å². The molecule has 0 saturated heterocycles. The van der Waals surface area contributed by atoms with E-state index in [2.05, 4.69) is 9.72 Å². The molecular formula is C13H14F3N3O3. The van der Waals surface area contributed by atoms with E-state index in [1.54, 1.807) is 5.32 Å². The van der Waals surface area contributed by atoms with Gasteiger partial charge in [-0.3, -0.25) is 4.79 Å². The monoisotopic (exact) mass is 317 g/mol. The Labute approximate surface area is 123 Å². The van der Waals surface area contributed by atoms with Crippen molar-refractivity contribution >= 4 is 23.3 Å². The fourth-order valence-corrected chi connectivity index (χ4v) is 1.48. The van der Waals surface area contributed by atoms with Crippen molar-refractivity contribution in [2.75, 3.05) is 12.4 Å². The van der Waals surface area contributed by atoms with Crippen LogP contribution in [0.3, 0.4) is 0 Å². The molecule has 0 aliphatic carbocycles. The molecule has 120 valence electrons. The zero-order valence-corrected chi connectivity index (χ0v) is 12.1. The second-order valence-corrected chi connectivity index (χ2v) is 3.75. The lowest BCUT2D eigenvalue weighted by Gasteiger charge is -2.04. The number of esters is 1. The predicted molar refractivity (Wildman–Crippen MR) is 72.6 cm³/mol. The van der Waals surface area contributed by atoms with Crippen molar-refractivity contribution in [3.8, 4) is 0 Å². The molecule has 1 amide bonds. The Hall–Kier alpha value is -2.58. The Morgan fingerprint density at radius 1 is 1.23 bits per heavy atom. The molecule has 1 N–H and O–H groups in total. The number of ether oxygens (including phenoxy) is 1. The van der Waals surface area contributed by atoms with Crippen molar-refractivity contribution in [3.63, 3.8) is 0 Å². The van der Waals surface area contributed by atoms with E-state index >= 15 is 0 Å². The van der Waals surface area contributed by atoms with Crippen LogP contribution in [0.4, 0.5) is 19.0 Å². The molecule has 22 heavy (non-hydrogen) atoms. The molecule has 0 bridgehead atoms. The third kappa shape index (κ3) is 3.96. The van der Waals surface area contributed by atoms with Gasteiger partial charge in [-0.05, 0) is 12.1 Å². The normalized spacial score (nSPS) is 10.6. The van der Waals surface area contributed by atoms with Crippen LogP contribution in [0.5, 0.6) is 0 Å². The Bertz CT molecular complexity index is 680. The van der Waals surface area contributed by atoms with Crippen molar-refractivity contribution in [1.82, 2.24) is 9.38 Å². The maximum absolute atomic E-state index is 12.1. The minimum Gasteiger partial charge on any atom is -0.465 e. The lowest BCUT2D eigenvalue weighted by atomic mass is 10.3. The molecule has 9 heteroatoms. The van der Waals surface area contributed by atoms with Crippen molar-refractivity contribution in [1.29, 1.82) is 0 Å². The summed E-state index contributed by atoms with van der Waals surface area (Å²) in [7, 11) is 1.20. The molecule has 0 fully saturated rings. The average Bonchev–Trinajstić information content (AvgIpc) is 2.88. The molecule has 6 nitrogen and oxygen atoms in total. The van der Waals surface area contributed by atoms with Crippen LogP contribution in [0, 0.1) is 0 Å². The van der Waals surface area contributed by atoms with Crippen molar-refractivity contribution in [3.05, 3.63) is 30.1 Å². The van der Waals surface area contributed by atoms with Gasteiger partial charge in [-0.15, -0.1) is 0 Å². The zero-order chi connectivity index (χ0) is 16.9. The molecule has 0 unspecified atom stereocenters. The van der Waals surface area contributed by atoms with Crippen molar-refractivity contribution in [2.24, 2.45) is 0 Å². The van der Waals surface area contributed by atoms with Gasteiger partial charge in [-0.25, -0.2) is 9.78 Å². The maximum atomic E-state index is 12.1. The quantitative estimate of drug-likeness (QED) is 0.864. The van der Waals surface area contributed by atoms with E-state index in [-0.39, 0.29) is 17.0 Å². The number of nitrogens with one attached hydrogen (secondary N) is 1. The summed E-state index contributed by atoms with van der Waals surface area (Å²) in [6.45, 7) is 4.00. The largest absolute Gasteiger partial charge is 0.471 e. The molecule has 0 aromatic carbocycles. The Morgan fingerprint density at radius 3 is 2.41 bits per heavy atom. The summed E-state index contributed by atoms with van der Waals surface area (Å²) in [6.07, 6.45) is -2.50. The van der Waals surface area contributed by atoms with Crippen LogP contribution in [-0.4, -0.2) is 34.5 Å². The van der Waals surface area contributed by atoms with E-state index < -0.39 is 18.1 Å². The van der Waals surface area contributed by atoms with Gasteiger partial charge in [0.25, 0.3) is 0 Å². The maximum Gasteiger partial charge on any atom is 0.471 e. The summed E-state index contributed by atoms with van der Waals surface area (Å²) in [5.41, 5.74) is 0.473. The summed E-state index contributed by atoms with van der Waals surface area (Å²) in [5, 5.41) is 1.62. The molecule has 0 aliphatic heterocycles. The number of hydrogen-bond acceptors (Lipinski definition) is 4. The summed E-state index contributed by atoms with van der Waals surface area (Å²) in [6, 6.07) is 2.82. The van der Waals surface area contributed by atoms with E-state index in [4.69, 9.17) is 0 Å². The number of amides is 1. The van der Waals surface area contributed by atoms with E-state index in [1.807, 2.05) is 13.8 Å². The number of carbonyl (C=O) groups excluding carboxylic acids is 2. The second kappa shape index (κ2) is 6.92. The minimum absolute atomic E-state index is 0.200. The highest BCUT2D eigenvalue weighted by atomic mass is 19.4. The number of imidazole rings is 1. The van der Waals surface area contributed by atoms with Gasteiger partial charge in [0, 0.05) is 6.20 Å². The van der Waals surface area contributed by atoms with Crippen LogP contribution < -0.4 is 5.32 Å². The minimum atomic E-state index is -4.99. The number of alkyl halides is 3. The molecule has 2 aromatic heterocycles. The summed E-state index contributed by atoms with van der Waals surface area (Å²) >= 11 is 0. The highest BCUT2D eigenvalue weighted by Crippen LogP contribution is 2.18. The number of carbonyl (C=O) groups is 2. The zero-order valence-electron chi connectivity index (χ0n) is 12.1. The Balaban J connectivity index is 0.00000116. The lowest BCUT2D eigenvalue weighted by molar-refractivity contribution is -0.167. The SMILES string of the molecule is CC.COC(=O)c1ccc2nc(NC(=O)C(F)(F)F)cn2c1. The van der Waals surface area contributed by atoms with Crippen molar-refractivity contribution in [2.45, 2.75) is 20.0 Å². The number of aromatic nitrogens is 2. The average molecular weight is 317 g/mol. The number of hydrogen-bond donors (Lipinski definition) is 1. The summed E-state index contributed by atoms with van der Waals surface area (Å²) < 4.78 is 42.1. The highest BCUT2D eigenvalue weighted by molar-refractivity contribution is 5.94. The van der Waals surface area contributed by atoms with Gasteiger partial charge in [0.2, 0.25) is 0 Å². The lowest BCUT2D eigenvalue weighted by Crippen LogP contribution is -2.30. The van der Waals surface area contributed by atoms with Crippen LogP contribution in [0.2, 0.25) is 0 Å². The van der Waals surface area contributed by atoms with Crippen LogP contribution >= 0.6 is 0 Å². The first kappa shape index (κ1) is 17.5. The molecule has 0 radical (unpaired) electrons. The van der Waals surface area contributed by atoms with E-state index in [0.29, 0.717) is 0 Å². The topological polar surface area (TPSA) is 72.7 Å². The number of methoxy groups -OCH3 is 1. The molecule has 2 heterocycles. The number of rotatable bonds is 2. The molecule has 2 aromatic rings. The number of anilines is 1. The fourth-order valence-electron chi connectivity index (χ4n) is 1.48. The standard InChI is InChI=1S/C11H8F3N3O3.C2H6/c1-20-9(18)6-2-3-8-15-7(5-17(8)4-6)16-10(19)11(12,13)14;1-2/h2-5H,1H3,(H,16,19);1-2H3. The molecule has 0 saturated carbocycles. The number of halogens is 3. The highest BCUT2D eigenvalue weighted by Gasteiger charge is 2.39. The number of nitrogens with zero attached hydrogens (tertiary/aromatic N) is 2. The van der Waals surface area contributed by atoms with E-state index in [9.17, 15) is 22.8 Å². The predicted octanol–water partition coefficient (Wildman–Crippen LogP) is 2.65. The van der Waals surface area contributed by atoms with Gasteiger partial charge in [0.15, 0.2) is 5.82 Å². The number of pyridine rings is 1. The molecular weight excluding hydrogens is 303 g/mol. The third-order valence-corrected chi connectivity index (χ3v) is 2.37. The van der Waals surface area contributed by atoms with Gasteiger partial charge in [0.1, 0.15) is 5.65 Å². The smallest absolute Gasteiger partial charge is 0.465 e. The summed E-state index contributed by atoms with van der Waals surface area (Å²) in [5.74, 6) is -2.98. The molecule has 0 spiro atoms. The Kier molecular flexibility index (Phi) is 5.50. The molecule has 0 aliphatic rings. The van der Waals surface area contributed by atoms with Crippen LogP contribution in [0.1, 0.15) is 24.2 Å². The van der Waals surface area contributed by atoms with Crippen LogP contribution in [0.25, 0.3) is 5.65 Å². The first-order valence-electron chi connectivity index (χ1n) is 6.26. The first-order chi connectivity index (χ1) is 10.3. The Morgan fingerprint density at radius 2 is 1.86 bits per heavy atom. The first-order valence-corrected chi connectivity index (χ1v) is 6.26. The molecule has 2 rings (SSSR count). The second-order valence-electron chi connectivity index (χ2n) is 3.75. The summed E-state index contributed by atoms with van der Waals surface area (Å²) in [4.78, 5) is 25.8. The van der Waals surface area contributed by atoms with Gasteiger partial charge < -0.3 is 14.5 Å². The number of fused-ring (bicyclic) bond motifs is 1. The fraction of sp³-hybridized carbons (Fsp3) is 0.308. The van der Waals surface area contributed by atoms with Gasteiger partial charge in [-0.1, -0.05) is 13.8 Å². The molecule has 0 atom stereocenters. The van der Waals surface area contributed by atoms with Crippen LogP contribution in [-0.2, 0) is 9.53 Å². The third-order valence-electron chi connectivity index (χ3n) is 2.37. The van der Waals surface area contributed by atoms with Gasteiger partial charge >= 0.3 is 18.1 Å². The van der Waals surface area contributed by atoms with E-state index in [1.165, 1.54) is 29.8 Å².